The molecule has 1 aromatic carbocycles. The molecule has 0 aromatic heterocycles. The highest BCUT2D eigenvalue weighted by molar-refractivity contribution is 6.08. The molecule has 0 saturated heterocycles. The maximum atomic E-state index is 12.5. The first-order valence-corrected chi connectivity index (χ1v) is 5.33. The molecule has 0 radical (unpaired) electrons. The van der Waals surface area contributed by atoms with Gasteiger partial charge in [-0.2, -0.15) is 13.2 Å². The summed E-state index contributed by atoms with van der Waals surface area (Å²) >= 11 is 0. The first-order chi connectivity index (χ1) is 8.30. The van der Waals surface area contributed by atoms with Crippen LogP contribution < -0.4 is 4.90 Å². The molecule has 1 aliphatic rings. The zero-order chi connectivity index (χ0) is 13.5. The number of benzene rings is 1. The summed E-state index contributed by atoms with van der Waals surface area (Å²) in [4.78, 5) is 24.3. The maximum Gasteiger partial charge on any atom is 0.416 e. The second-order valence-corrected chi connectivity index (χ2v) is 4.07. The molecule has 2 rings (SSSR count). The first-order valence-electron chi connectivity index (χ1n) is 5.33. The molecule has 1 heterocycles. The number of hydrogen-bond acceptors (Lipinski definition) is 2. The van der Waals surface area contributed by atoms with Gasteiger partial charge in [0.25, 0.3) is 0 Å². The minimum atomic E-state index is -4.49. The third kappa shape index (κ3) is 2.10. The van der Waals surface area contributed by atoms with Gasteiger partial charge in [0.1, 0.15) is 0 Å². The van der Waals surface area contributed by atoms with E-state index < -0.39 is 11.7 Å². The number of amides is 1. The summed E-state index contributed by atoms with van der Waals surface area (Å²) in [5.74, 6) is -0.655. The van der Waals surface area contributed by atoms with E-state index in [9.17, 15) is 22.8 Å². The molecule has 1 amide bonds. The van der Waals surface area contributed by atoms with E-state index in [4.69, 9.17) is 0 Å². The van der Waals surface area contributed by atoms with Crippen molar-refractivity contribution in [1.82, 2.24) is 0 Å². The van der Waals surface area contributed by atoms with E-state index in [0.717, 1.165) is 12.1 Å². The number of ketones is 1. The van der Waals surface area contributed by atoms with Crippen LogP contribution in [0, 0.1) is 0 Å². The van der Waals surface area contributed by atoms with Crippen LogP contribution >= 0.6 is 0 Å². The van der Waals surface area contributed by atoms with Crippen molar-refractivity contribution in [3.63, 3.8) is 0 Å². The Morgan fingerprint density at radius 1 is 1.33 bits per heavy atom. The topological polar surface area (TPSA) is 37.4 Å². The Morgan fingerprint density at radius 2 is 2.00 bits per heavy atom. The van der Waals surface area contributed by atoms with Crippen LogP contribution in [0.2, 0.25) is 0 Å². The van der Waals surface area contributed by atoms with Gasteiger partial charge in [0.05, 0.1) is 11.3 Å². The summed E-state index contributed by atoms with van der Waals surface area (Å²) in [6, 6.07) is 2.87. The first kappa shape index (κ1) is 12.6. The van der Waals surface area contributed by atoms with E-state index in [1.807, 2.05) is 0 Å². The molecule has 0 atom stereocenters. The molecule has 1 aromatic rings. The lowest BCUT2D eigenvalue weighted by molar-refractivity contribution is -0.137. The van der Waals surface area contributed by atoms with Crippen molar-refractivity contribution in [1.29, 1.82) is 0 Å². The molecular formula is C12H10F3NO2. The van der Waals surface area contributed by atoms with E-state index in [-0.39, 0.29) is 35.9 Å². The van der Waals surface area contributed by atoms with Gasteiger partial charge in [0.2, 0.25) is 5.91 Å². The number of Topliss-reactive ketones (excluding diaryl/α,β-unsaturated/α-hetero) is 1. The number of rotatable bonds is 0. The average Bonchev–Trinajstić information content (AvgIpc) is 2.27. The predicted molar refractivity (Wildman–Crippen MR) is 58.4 cm³/mol. The molecule has 0 spiro atoms. The lowest BCUT2D eigenvalue weighted by Crippen LogP contribution is -2.35. The Hall–Kier alpha value is -1.85. The van der Waals surface area contributed by atoms with Crippen LogP contribution in [0.4, 0.5) is 18.9 Å². The van der Waals surface area contributed by atoms with E-state index >= 15 is 0 Å². The number of halogens is 3. The van der Waals surface area contributed by atoms with Crippen LogP contribution in [0.3, 0.4) is 0 Å². The number of nitrogens with zero attached hydrogens (tertiary/aromatic N) is 1. The SMILES string of the molecule is CC(=O)N1CCC(=O)c2cc(C(F)(F)F)ccc21. The Kier molecular flexibility index (Phi) is 2.88. The van der Waals surface area contributed by atoms with Gasteiger partial charge in [-0.3, -0.25) is 9.59 Å². The minimum Gasteiger partial charge on any atom is -0.311 e. The van der Waals surface area contributed by atoms with Gasteiger partial charge in [-0.25, -0.2) is 0 Å². The highest BCUT2D eigenvalue weighted by atomic mass is 19.4. The molecule has 96 valence electrons. The second kappa shape index (κ2) is 4.12. The molecule has 3 nitrogen and oxygen atoms in total. The molecule has 0 fully saturated rings. The van der Waals surface area contributed by atoms with Crippen LogP contribution in [0.25, 0.3) is 0 Å². The Balaban J connectivity index is 2.54. The number of carbonyl (C=O) groups is 2. The number of hydrogen-bond donors (Lipinski definition) is 0. The molecule has 6 heteroatoms. The minimum absolute atomic E-state index is 0.0359. The fraction of sp³-hybridized carbons (Fsp3) is 0.333. The molecule has 18 heavy (non-hydrogen) atoms. The van der Waals surface area contributed by atoms with Gasteiger partial charge in [-0.1, -0.05) is 0 Å². The molecule has 0 N–H and O–H groups in total. The summed E-state index contributed by atoms with van der Waals surface area (Å²) < 4.78 is 37.6. The van der Waals surface area contributed by atoms with Crippen molar-refractivity contribution in [2.24, 2.45) is 0 Å². The maximum absolute atomic E-state index is 12.5. The molecule has 0 aliphatic carbocycles. The molecule has 1 aliphatic heterocycles. The van der Waals surface area contributed by atoms with Crippen molar-refractivity contribution < 1.29 is 22.8 Å². The van der Waals surface area contributed by atoms with Crippen molar-refractivity contribution in [2.75, 3.05) is 11.4 Å². The zero-order valence-electron chi connectivity index (χ0n) is 9.54. The molecule has 0 bridgehead atoms. The Labute approximate surface area is 101 Å². The van der Waals surface area contributed by atoms with E-state index in [2.05, 4.69) is 0 Å². The van der Waals surface area contributed by atoms with E-state index in [0.29, 0.717) is 0 Å². The third-order valence-electron chi connectivity index (χ3n) is 2.86. The predicted octanol–water partition coefficient (Wildman–Crippen LogP) is 2.64. The largest absolute Gasteiger partial charge is 0.416 e. The van der Waals surface area contributed by atoms with Gasteiger partial charge in [-0.05, 0) is 18.2 Å². The molecule has 0 unspecified atom stereocenters. The lowest BCUT2D eigenvalue weighted by Gasteiger charge is -2.28. The van der Waals surface area contributed by atoms with Gasteiger partial charge < -0.3 is 4.90 Å². The van der Waals surface area contributed by atoms with E-state index in [1.165, 1.54) is 17.9 Å². The smallest absolute Gasteiger partial charge is 0.311 e. The number of carbonyl (C=O) groups excluding carboxylic acids is 2. The summed E-state index contributed by atoms with van der Waals surface area (Å²) in [6.45, 7) is 1.53. The van der Waals surface area contributed by atoms with Crippen molar-refractivity contribution in [3.05, 3.63) is 29.3 Å². The van der Waals surface area contributed by atoms with Crippen LogP contribution in [0.5, 0.6) is 0 Å². The summed E-state index contributed by atoms with van der Waals surface area (Å²) in [5, 5.41) is 0. The summed E-state index contributed by atoms with van der Waals surface area (Å²) in [6.07, 6.45) is -4.44. The zero-order valence-corrected chi connectivity index (χ0v) is 9.54. The average molecular weight is 257 g/mol. The van der Waals surface area contributed by atoms with Gasteiger partial charge in [-0.15, -0.1) is 0 Å². The summed E-state index contributed by atoms with van der Waals surface area (Å²) in [5.41, 5.74) is -0.655. The highest BCUT2D eigenvalue weighted by Gasteiger charge is 2.33. The number of fused-ring (bicyclic) bond motifs is 1. The number of anilines is 1. The van der Waals surface area contributed by atoms with Gasteiger partial charge in [0, 0.05) is 25.5 Å². The highest BCUT2D eigenvalue weighted by Crippen LogP contribution is 2.35. The summed E-state index contributed by atoms with van der Waals surface area (Å²) in [7, 11) is 0. The standard InChI is InChI=1S/C12H10F3NO2/c1-7(17)16-5-4-11(18)9-6-8(12(13,14)15)2-3-10(9)16/h2-3,6H,4-5H2,1H3. The van der Waals surface area contributed by atoms with Gasteiger partial charge in [0.15, 0.2) is 5.78 Å². The fourth-order valence-corrected chi connectivity index (χ4v) is 1.97. The normalized spacial score (nSPS) is 15.6. The van der Waals surface area contributed by atoms with Crippen LogP contribution in [-0.4, -0.2) is 18.2 Å². The van der Waals surface area contributed by atoms with Crippen molar-refractivity contribution in [2.45, 2.75) is 19.5 Å². The monoisotopic (exact) mass is 257 g/mol. The van der Waals surface area contributed by atoms with Crippen LogP contribution in [0.15, 0.2) is 18.2 Å². The third-order valence-corrected chi connectivity index (χ3v) is 2.86. The second-order valence-electron chi connectivity index (χ2n) is 4.07. The Bertz CT molecular complexity index is 523. The van der Waals surface area contributed by atoms with Crippen molar-refractivity contribution >= 4 is 17.4 Å². The fourth-order valence-electron chi connectivity index (χ4n) is 1.97. The quantitative estimate of drug-likeness (QED) is 0.716. The lowest BCUT2D eigenvalue weighted by atomic mass is 9.98. The molecular weight excluding hydrogens is 247 g/mol. The van der Waals surface area contributed by atoms with E-state index in [1.54, 1.807) is 0 Å². The van der Waals surface area contributed by atoms with Crippen molar-refractivity contribution in [3.8, 4) is 0 Å². The van der Waals surface area contributed by atoms with Crippen LogP contribution in [-0.2, 0) is 11.0 Å². The van der Waals surface area contributed by atoms with Crippen LogP contribution in [0.1, 0.15) is 29.3 Å². The molecule has 0 saturated carbocycles. The van der Waals surface area contributed by atoms with Gasteiger partial charge >= 0.3 is 6.18 Å². The number of alkyl halides is 3. The Morgan fingerprint density at radius 3 is 2.56 bits per heavy atom.